The van der Waals surface area contributed by atoms with Gasteiger partial charge in [0.15, 0.2) is 17.3 Å². The monoisotopic (exact) mass is 382 g/mol. The maximum Gasteiger partial charge on any atom is 0.268 e. The number of aromatic amines is 1. The average molecular weight is 382 g/mol. The molecule has 1 aromatic carbocycles. The van der Waals surface area contributed by atoms with Gasteiger partial charge >= 0.3 is 0 Å². The molecule has 0 bridgehead atoms. The molecule has 0 radical (unpaired) electrons. The van der Waals surface area contributed by atoms with Crippen LogP contribution in [-0.4, -0.2) is 29.9 Å². The minimum Gasteiger partial charge on any atom is -0.486 e. The maximum atomic E-state index is 13.1. The van der Waals surface area contributed by atoms with E-state index in [1.54, 1.807) is 0 Å². The summed E-state index contributed by atoms with van der Waals surface area (Å²) in [7, 11) is 0. The van der Waals surface area contributed by atoms with Crippen molar-refractivity contribution in [3.63, 3.8) is 0 Å². The topological polar surface area (TPSA) is 80.4 Å². The zero-order valence-corrected chi connectivity index (χ0v) is 16.6. The summed E-state index contributed by atoms with van der Waals surface area (Å²) in [5.41, 5.74) is 3.80. The van der Waals surface area contributed by atoms with Crippen LogP contribution in [0.1, 0.15) is 70.4 Å². The Kier molecular flexibility index (Phi) is 4.87. The molecule has 2 aliphatic rings. The van der Waals surface area contributed by atoms with Gasteiger partial charge in [-0.05, 0) is 48.9 Å². The number of aryl methyl sites for hydroxylation is 1. The summed E-state index contributed by atoms with van der Waals surface area (Å²) < 4.78 is 11.3. The number of ether oxygens (including phenoxy) is 2. The number of fused-ring (bicyclic) bond motifs is 2. The van der Waals surface area contributed by atoms with Gasteiger partial charge in [-0.1, -0.05) is 19.9 Å². The quantitative estimate of drug-likeness (QED) is 0.844. The number of benzene rings is 1. The molecule has 1 unspecified atom stereocenters. The first-order valence-corrected chi connectivity index (χ1v) is 9.90. The van der Waals surface area contributed by atoms with Gasteiger partial charge in [0.25, 0.3) is 5.91 Å². The number of hydrogen-bond donors (Lipinski definition) is 2. The van der Waals surface area contributed by atoms with E-state index in [4.69, 9.17) is 9.47 Å². The molecule has 148 valence electrons. The Bertz CT molecular complexity index is 929. The van der Waals surface area contributed by atoms with Crippen molar-refractivity contribution in [2.75, 3.05) is 13.2 Å². The number of ketones is 1. The van der Waals surface area contributed by atoms with Crippen molar-refractivity contribution in [2.45, 2.75) is 46.1 Å². The summed E-state index contributed by atoms with van der Waals surface area (Å²) in [6, 6.07) is 5.62. The van der Waals surface area contributed by atoms with E-state index in [0.717, 1.165) is 35.4 Å². The Hall–Kier alpha value is -2.76. The molecule has 2 heterocycles. The fourth-order valence-corrected chi connectivity index (χ4v) is 4.10. The van der Waals surface area contributed by atoms with E-state index in [-0.39, 0.29) is 23.7 Å². The van der Waals surface area contributed by atoms with Crippen molar-refractivity contribution in [2.24, 2.45) is 5.92 Å². The van der Waals surface area contributed by atoms with Crippen LogP contribution in [0.15, 0.2) is 18.2 Å². The number of nitrogens with one attached hydrogen (secondary N) is 2. The predicted molar refractivity (Wildman–Crippen MR) is 105 cm³/mol. The van der Waals surface area contributed by atoms with Gasteiger partial charge in [0, 0.05) is 17.7 Å². The van der Waals surface area contributed by atoms with Gasteiger partial charge in [0.05, 0.1) is 6.04 Å². The molecule has 1 aromatic heterocycles. The summed E-state index contributed by atoms with van der Waals surface area (Å²) in [4.78, 5) is 28.5. The van der Waals surface area contributed by atoms with Crippen LogP contribution < -0.4 is 14.8 Å². The van der Waals surface area contributed by atoms with E-state index < -0.39 is 0 Å². The van der Waals surface area contributed by atoms with Gasteiger partial charge < -0.3 is 19.8 Å². The minimum atomic E-state index is -0.187. The number of carbonyl (C=O) groups is 2. The lowest BCUT2D eigenvalue weighted by Crippen LogP contribution is -2.32. The van der Waals surface area contributed by atoms with Gasteiger partial charge in [0.1, 0.15) is 18.9 Å². The molecule has 6 nitrogen and oxygen atoms in total. The van der Waals surface area contributed by atoms with Crippen molar-refractivity contribution in [3.8, 4) is 11.5 Å². The molecule has 6 heteroatoms. The predicted octanol–water partition coefficient (Wildman–Crippen LogP) is 3.74. The van der Waals surface area contributed by atoms with Crippen LogP contribution in [0.4, 0.5) is 0 Å². The standard InChI is InChI=1S/C22H26N2O4/c1-12(2)20(14-7-8-17-18(11-14)28-10-9-27-17)24-22(26)21-13(3)19-15(23-21)5-4-6-16(19)25/h7-8,11-12,20,23H,4-6,9-10H2,1-3H3,(H,24,26). The van der Waals surface area contributed by atoms with Crippen molar-refractivity contribution in [1.29, 1.82) is 0 Å². The zero-order chi connectivity index (χ0) is 19.8. The van der Waals surface area contributed by atoms with E-state index in [2.05, 4.69) is 24.1 Å². The highest BCUT2D eigenvalue weighted by atomic mass is 16.6. The largest absolute Gasteiger partial charge is 0.486 e. The minimum absolute atomic E-state index is 0.126. The summed E-state index contributed by atoms with van der Waals surface area (Å²) in [6.07, 6.45) is 2.20. The van der Waals surface area contributed by atoms with Crippen molar-refractivity contribution in [1.82, 2.24) is 10.3 Å². The lowest BCUT2D eigenvalue weighted by molar-refractivity contribution is 0.0919. The Balaban J connectivity index is 1.61. The third-order valence-corrected chi connectivity index (χ3v) is 5.54. The van der Waals surface area contributed by atoms with E-state index in [1.165, 1.54) is 0 Å². The highest BCUT2D eigenvalue weighted by Crippen LogP contribution is 2.35. The van der Waals surface area contributed by atoms with Gasteiger partial charge in [-0.25, -0.2) is 0 Å². The molecule has 0 saturated heterocycles. The van der Waals surface area contributed by atoms with Gasteiger partial charge in [-0.2, -0.15) is 0 Å². The van der Waals surface area contributed by atoms with Gasteiger partial charge in [-0.3, -0.25) is 9.59 Å². The molecule has 1 aliphatic heterocycles. The fourth-order valence-electron chi connectivity index (χ4n) is 4.10. The number of aromatic nitrogens is 1. The van der Waals surface area contributed by atoms with Crippen molar-refractivity contribution >= 4 is 11.7 Å². The molecule has 0 fully saturated rings. The smallest absolute Gasteiger partial charge is 0.268 e. The molecule has 1 aliphatic carbocycles. The van der Waals surface area contributed by atoms with E-state index in [0.29, 0.717) is 36.6 Å². The Morgan fingerprint density at radius 1 is 1.14 bits per heavy atom. The summed E-state index contributed by atoms with van der Waals surface area (Å²) in [5, 5.41) is 3.14. The Labute approximate surface area is 164 Å². The molecule has 4 rings (SSSR count). The molecular weight excluding hydrogens is 356 g/mol. The number of amides is 1. The highest BCUT2D eigenvalue weighted by molar-refractivity contribution is 6.04. The molecule has 28 heavy (non-hydrogen) atoms. The number of rotatable bonds is 4. The number of hydrogen-bond acceptors (Lipinski definition) is 4. The number of H-pyrrole nitrogens is 1. The normalized spacial score (nSPS) is 16.6. The fraction of sp³-hybridized carbons (Fsp3) is 0.455. The molecular formula is C22H26N2O4. The summed E-state index contributed by atoms with van der Waals surface area (Å²) >= 11 is 0. The van der Waals surface area contributed by atoms with Crippen molar-refractivity contribution < 1.29 is 19.1 Å². The van der Waals surface area contributed by atoms with Crippen LogP contribution in [0.5, 0.6) is 11.5 Å². The molecule has 0 saturated carbocycles. The molecule has 1 atom stereocenters. The number of carbonyl (C=O) groups excluding carboxylic acids is 2. The van der Waals surface area contributed by atoms with Crippen LogP contribution in [-0.2, 0) is 6.42 Å². The first-order chi connectivity index (χ1) is 13.5. The third-order valence-electron chi connectivity index (χ3n) is 5.54. The first kappa shape index (κ1) is 18.6. The first-order valence-electron chi connectivity index (χ1n) is 9.90. The lowest BCUT2D eigenvalue weighted by atomic mass is 9.93. The lowest BCUT2D eigenvalue weighted by Gasteiger charge is -2.25. The second-order valence-electron chi connectivity index (χ2n) is 7.85. The summed E-state index contributed by atoms with van der Waals surface area (Å²) in [6.45, 7) is 7.06. The Morgan fingerprint density at radius 2 is 1.89 bits per heavy atom. The van der Waals surface area contributed by atoms with E-state index in [9.17, 15) is 9.59 Å². The second-order valence-corrected chi connectivity index (χ2v) is 7.85. The maximum absolute atomic E-state index is 13.1. The Morgan fingerprint density at radius 3 is 2.61 bits per heavy atom. The van der Waals surface area contributed by atoms with Gasteiger partial charge in [-0.15, -0.1) is 0 Å². The SMILES string of the molecule is Cc1c(C(=O)NC(c2ccc3c(c2)OCCO3)C(C)C)[nH]c2c1C(=O)CCC2. The van der Waals surface area contributed by atoms with Crippen LogP contribution in [0.25, 0.3) is 0 Å². The van der Waals surface area contributed by atoms with Crippen molar-refractivity contribution in [3.05, 3.63) is 46.3 Å². The van der Waals surface area contributed by atoms with Crippen LogP contribution in [0.2, 0.25) is 0 Å². The zero-order valence-electron chi connectivity index (χ0n) is 16.6. The second kappa shape index (κ2) is 7.34. The van der Waals surface area contributed by atoms with Crippen LogP contribution in [0, 0.1) is 12.8 Å². The highest BCUT2D eigenvalue weighted by Gasteiger charge is 2.28. The van der Waals surface area contributed by atoms with Crippen LogP contribution in [0.3, 0.4) is 0 Å². The van der Waals surface area contributed by atoms with E-state index in [1.807, 2.05) is 25.1 Å². The molecule has 2 N–H and O–H groups in total. The number of Topliss-reactive ketones (excluding diaryl/α,β-unsaturated/α-hetero) is 1. The van der Waals surface area contributed by atoms with Gasteiger partial charge in [0.2, 0.25) is 0 Å². The average Bonchev–Trinajstić information content (AvgIpc) is 3.03. The molecule has 1 amide bonds. The van der Waals surface area contributed by atoms with E-state index >= 15 is 0 Å². The molecule has 2 aromatic rings. The molecule has 0 spiro atoms. The third kappa shape index (κ3) is 3.28. The summed E-state index contributed by atoms with van der Waals surface area (Å²) in [5.74, 6) is 1.56. The van der Waals surface area contributed by atoms with Crippen LogP contribution >= 0.6 is 0 Å².